The van der Waals surface area contributed by atoms with Gasteiger partial charge >= 0.3 is 5.97 Å². The molecule has 0 radical (unpaired) electrons. The molecule has 10 heteroatoms. The number of Topliss-reactive ketones (excluding diaryl/α,β-unsaturated/α-hetero) is 1. The number of rotatable bonds is 12. The number of carbonyl (C=O) groups excluding carboxylic acids is 2. The second-order valence-electron chi connectivity index (χ2n) is 15.4. The topological polar surface area (TPSA) is 96.7 Å². The van der Waals surface area contributed by atoms with Crippen LogP contribution in [0.15, 0.2) is 11.0 Å². The minimum atomic E-state index is -2.19. The van der Waals surface area contributed by atoms with Crippen LogP contribution in [-0.2, 0) is 23.2 Å². The van der Waals surface area contributed by atoms with Crippen molar-refractivity contribution in [1.29, 1.82) is 0 Å². The van der Waals surface area contributed by atoms with Gasteiger partial charge in [-0.2, -0.15) is 0 Å². The number of ether oxygens (including phenoxy) is 1. The van der Waals surface area contributed by atoms with Crippen molar-refractivity contribution in [2.24, 2.45) is 17.3 Å². The first kappa shape index (κ1) is 41.2. The van der Waals surface area contributed by atoms with Crippen molar-refractivity contribution in [1.82, 2.24) is 10.3 Å². The van der Waals surface area contributed by atoms with Crippen LogP contribution in [0.2, 0.25) is 36.3 Å². The molecule has 2 saturated heterocycles. The summed E-state index contributed by atoms with van der Waals surface area (Å²) in [6, 6.07) is 6.70. The smallest absolute Gasteiger partial charge is 0.309 e. The van der Waals surface area contributed by atoms with Crippen LogP contribution in [-0.4, -0.2) is 63.8 Å². The van der Waals surface area contributed by atoms with E-state index in [-0.39, 0.29) is 42.2 Å². The summed E-state index contributed by atoms with van der Waals surface area (Å²) in [4.78, 5) is 33.5. The van der Waals surface area contributed by atoms with Crippen molar-refractivity contribution in [3.05, 3.63) is 21.7 Å². The molecular weight excluding hydrogens is 653 g/mol. The zero-order valence-electron chi connectivity index (χ0n) is 32.4. The lowest BCUT2D eigenvalue weighted by atomic mass is 9.73. The summed E-state index contributed by atoms with van der Waals surface area (Å²) >= 11 is 1.62. The first-order valence-corrected chi connectivity index (χ1v) is 25.0. The zero-order valence-corrected chi connectivity index (χ0v) is 35.2. The quantitative estimate of drug-likeness (QED) is 0.130. The van der Waals surface area contributed by atoms with Gasteiger partial charge in [-0.15, -0.1) is 11.3 Å². The first-order chi connectivity index (χ1) is 22.6. The van der Waals surface area contributed by atoms with Crippen LogP contribution in [0, 0.1) is 24.2 Å². The van der Waals surface area contributed by atoms with Gasteiger partial charge in [0.25, 0.3) is 0 Å². The molecule has 7 atom stereocenters. The van der Waals surface area contributed by atoms with E-state index in [0.29, 0.717) is 12.1 Å². The molecule has 1 N–H and O–H groups in total. The number of aryl methyl sites for hydroxylation is 1. The number of hydrogen-bond donors (Lipinski definition) is 1. The summed E-state index contributed by atoms with van der Waals surface area (Å²) in [6.07, 6.45) is 4.90. The van der Waals surface area contributed by atoms with Crippen molar-refractivity contribution in [3.63, 3.8) is 0 Å². The Morgan fingerprint density at radius 2 is 1.56 bits per heavy atom. The fourth-order valence-electron chi connectivity index (χ4n) is 7.89. The third kappa shape index (κ3) is 10.2. The number of hydrogen-bond acceptors (Lipinski definition) is 8. The highest BCUT2D eigenvalue weighted by Crippen LogP contribution is 2.40. The molecule has 3 heterocycles. The van der Waals surface area contributed by atoms with Crippen molar-refractivity contribution in [2.45, 2.75) is 182 Å². The van der Waals surface area contributed by atoms with E-state index in [9.17, 15) is 9.59 Å². The molecule has 0 aliphatic carbocycles. The van der Waals surface area contributed by atoms with Crippen LogP contribution >= 0.6 is 11.3 Å². The maximum Gasteiger partial charge on any atom is 0.309 e. The minimum Gasteiger partial charge on any atom is -0.458 e. The van der Waals surface area contributed by atoms with Gasteiger partial charge in [-0.1, -0.05) is 75.7 Å². The van der Waals surface area contributed by atoms with E-state index in [1.54, 1.807) is 11.3 Å². The van der Waals surface area contributed by atoms with Gasteiger partial charge in [-0.3, -0.25) is 9.59 Å². The van der Waals surface area contributed by atoms with Crippen molar-refractivity contribution < 1.29 is 23.2 Å². The van der Waals surface area contributed by atoms with Gasteiger partial charge in [0, 0.05) is 35.2 Å². The molecule has 3 rings (SSSR count). The Morgan fingerprint density at radius 1 is 0.979 bits per heavy atom. The van der Waals surface area contributed by atoms with Crippen LogP contribution < -0.4 is 5.32 Å². The fourth-order valence-corrected chi connectivity index (χ4v) is 14.5. The minimum absolute atomic E-state index is 0.0555. The highest BCUT2D eigenvalue weighted by atomic mass is 32.1. The Morgan fingerprint density at radius 3 is 2.10 bits per heavy atom. The zero-order chi connectivity index (χ0) is 35.9. The van der Waals surface area contributed by atoms with Gasteiger partial charge < -0.3 is 18.9 Å². The second-order valence-corrected chi connectivity index (χ2v) is 25.9. The molecule has 48 heavy (non-hydrogen) atoms. The molecular formula is C38H68N2O5SSi2. The van der Waals surface area contributed by atoms with Gasteiger partial charge in [0.05, 0.1) is 29.3 Å². The van der Waals surface area contributed by atoms with Gasteiger partial charge in [0.2, 0.25) is 0 Å². The third-order valence-corrected chi connectivity index (χ3v) is 22.2. The lowest BCUT2D eigenvalue weighted by molar-refractivity contribution is -0.153. The number of esters is 1. The van der Waals surface area contributed by atoms with Crippen molar-refractivity contribution >= 4 is 45.8 Å². The van der Waals surface area contributed by atoms with Crippen LogP contribution in [0.4, 0.5) is 0 Å². The Labute approximate surface area is 299 Å². The number of nitrogens with one attached hydrogen (secondary N) is 1. The number of ketones is 1. The standard InChI is InChI=1S/C38H68N2O5SSi2/c1-13-47(14-2,15-3)44-34-24-35(41)43-33(27(8)22-30-25-46-29(10)39-30)23-32-31(40-32)21-19-20-26(7)36(28(9)37(42)38(34,11)12)45-48(16-4,17-5)18-6/h22,25-26,28,31-34,36,40H,13-21,23-24H2,1-12H3/b27-22+/t26?,28-,31-,32?,33?,34+,36+/m1/s1. The average molecular weight is 721 g/mol. The van der Waals surface area contributed by atoms with Gasteiger partial charge in [-0.25, -0.2) is 4.98 Å². The normalized spacial score (nSPS) is 29.8. The number of cyclic esters (lactones) is 1. The van der Waals surface area contributed by atoms with Gasteiger partial charge in [0.1, 0.15) is 11.9 Å². The maximum atomic E-state index is 14.9. The Balaban J connectivity index is 2.05. The van der Waals surface area contributed by atoms with E-state index in [4.69, 9.17) is 13.6 Å². The molecule has 7 nitrogen and oxygen atoms in total. The summed E-state index contributed by atoms with van der Waals surface area (Å²) in [6.45, 7) is 25.8. The predicted octanol–water partition coefficient (Wildman–Crippen LogP) is 9.72. The lowest BCUT2D eigenvalue weighted by Crippen LogP contribution is -2.53. The molecule has 0 saturated carbocycles. The van der Waals surface area contributed by atoms with Crippen LogP contribution in [0.5, 0.6) is 0 Å². The number of carbonyl (C=O) groups is 2. The monoisotopic (exact) mass is 720 g/mol. The molecule has 2 fully saturated rings. The highest BCUT2D eigenvalue weighted by molar-refractivity contribution is 7.09. The lowest BCUT2D eigenvalue weighted by Gasteiger charge is -2.44. The predicted molar refractivity (Wildman–Crippen MR) is 205 cm³/mol. The van der Waals surface area contributed by atoms with Crippen molar-refractivity contribution in [3.8, 4) is 0 Å². The summed E-state index contributed by atoms with van der Waals surface area (Å²) in [5.74, 6) is -0.224. The van der Waals surface area contributed by atoms with Gasteiger partial charge in [0.15, 0.2) is 16.6 Å². The molecule has 274 valence electrons. The summed E-state index contributed by atoms with van der Waals surface area (Å²) < 4.78 is 20.7. The van der Waals surface area contributed by atoms with E-state index < -0.39 is 28.2 Å². The molecule has 0 amide bonds. The third-order valence-electron chi connectivity index (χ3n) is 12.1. The SMILES string of the molecule is CC[Si](CC)(CC)O[C@H]1CC(=O)OC(/C(C)=C/c2csc(C)n2)CC2N[C@@H]2CCCC(C)[C@H](O[Si](CC)(CC)CC)[C@@H](C)C(=O)C1(C)C. The Kier molecular flexibility index (Phi) is 15.3. The Hall–Kier alpha value is -1.18. The molecule has 0 aromatic carbocycles. The summed E-state index contributed by atoms with van der Waals surface area (Å²) in [5, 5.41) is 6.74. The second kappa shape index (κ2) is 17.8. The van der Waals surface area contributed by atoms with Crippen LogP contribution in [0.1, 0.15) is 119 Å². The number of aromatic nitrogens is 1. The largest absolute Gasteiger partial charge is 0.458 e. The molecule has 0 spiro atoms. The molecule has 1 aromatic heterocycles. The van der Waals surface area contributed by atoms with Crippen LogP contribution in [0.3, 0.4) is 0 Å². The average Bonchev–Trinajstić information content (AvgIpc) is 3.68. The molecule has 2 aliphatic heterocycles. The fraction of sp³-hybridized carbons (Fsp3) is 0.816. The highest BCUT2D eigenvalue weighted by Gasteiger charge is 2.49. The number of nitrogens with zero attached hydrogens (tertiary/aromatic N) is 1. The Bertz CT molecular complexity index is 1210. The summed E-state index contributed by atoms with van der Waals surface area (Å²) in [5.41, 5.74) is 0.995. The maximum absolute atomic E-state index is 14.9. The number of fused-ring (bicyclic) bond motifs is 1. The van der Waals surface area contributed by atoms with Crippen molar-refractivity contribution in [2.75, 3.05) is 0 Å². The van der Waals surface area contributed by atoms with E-state index in [2.05, 4.69) is 71.8 Å². The van der Waals surface area contributed by atoms with E-state index in [1.807, 2.05) is 33.1 Å². The van der Waals surface area contributed by atoms with E-state index in [0.717, 1.165) is 78.2 Å². The number of thiazole rings is 1. The van der Waals surface area contributed by atoms with E-state index in [1.165, 1.54) is 0 Å². The van der Waals surface area contributed by atoms with E-state index >= 15 is 0 Å². The molecule has 1 aromatic rings. The van der Waals surface area contributed by atoms with Gasteiger partial charge in [-0.05, 0) is 80.5 Å². The molecule has 3 unspecified atom stereocenters. The molecule has 0 bridgehead atoms. The summed E-state index contributed by atoms with van der Waals surface area (Å²) in [7, 11) is -4.18. The first-order valence-electron chi connectivity index (χ1n) is 19.1. The van der Waals surface area contributed by atoms with Crippen LogP contribution in [0.25, 0.3) is 6.08 Å². The molecule has 2 aliphatic rings.